The number of rotatable bonds is 5. The van der Waals surface area contributed by atoms with Gasteiger partial charge in [-0.2, -0.15) is 0 Å². The molecule has 0 radical (unpaired) electrons. The largest absolute Gasteiger partial charge is 0.384 e. The summed E-state index contributed by atoms with van der Waals surface area (Å²) >= 11 is 1.44. The summed E-state index contributed by atoms with van der Waals surface area (Å²) in [5, 5.41) is 10.8. The van der Waals surface area contributed by atoms with Gasteiger partial charge in [-0.25, -0.2) is 0 Å². The van der Waals surface area contributed by atoms with E-state index in [0.29, 0.717) is 11.5 Å². The Balaban J connectivity index is 2.81. The maximum atomic E-state index is 10.8. The van der Waals surface area contributed by atoms with E-state index in [9.17, 15) is 10.1 Å². The molecule has 1 aromatic carbocycles. The number of hydrogen-bond donors (Lipinski definition) is 0. The van der Waals surface area contributed by atoms with Gasteiger partial charge in [0, 0.05) is 18.9 Å². The molecule has 0 aliphatic heterocycles. The first-order valence-corrected chi connectivity index (χ1v) is 5.50. The molecule has 0 heterocycles. The monoisotopic (exact) mass is 227 g/mol. The van der Waals surface area contributed by atoms with Crippen molar-refractivity contribution in [1.29, 1.82) is 0 Å². The molecule has 0 unspecified atom stereocenters. The third kappa shape index (κ3) is 3.53. The minimum absolute atomic E-state index is 0.177. The normalized spacial score (nSPS) is 10.3. The minimum Gasteiger partial charge on any atom is -0.384 e. The van der Waals surface area contributed by atoms with Gasteiger partial charge < -0.3 is 4.74 Å². The van der Waals surface area contributed by atoms with Crippen LogP contribution in [0.25, 0.3) is 0 Å². The molecule has 0 N–H and O–H groups in total. The van der Waals surface area contributed by atoms with Crippen molar-refractivity contribution in [3.8, 4) is 0 Å². The van der Waals surface area contributed by atoms with Crippen molar-refractivity contribution in [2.75, 3.05) is 19.5 Å². The van der Waals surface area contributed by atoms with Gasteiger partial charge >= 0.3 is 0 Å². The van der Waals surface area contributed by atoms with Crippen LogP contribution in [0.1, 0.15) is 5.56 Å². The maximum Gasteiger partial charge on any atom is 0.283 e. The summed E-state index contributed by atoms with van der Waals surface area (Å²) in [7, 11) is 1.62. The molecule has 5 heteroatoms. The van der Waals surface area contributed by atoms with E-state index in [1.165, 1.54) is 11.8 Å². The Labute approximate surface area is 92.8 Å². The second kappa shape index (κ2) is 5.72. The van der Waals surface area contributed by atoms with Crippen molar-refractivity contribution in [1.82, 2.24) is 0 Å². The predicted octanol–water partition coefficient (Wildman–Crippen LogP) is 2.64. The van der Waals surface area contributed by atoms with Gasteiger partial charge in [0.25, 0.3) is 5.69 Å². The van der Waals surface area contributed by atoms with E-state index >= 15 is 0 Å². The molecule has 0 aliphatic rings. The Morgan fingerprint density at radius 2 is 2.27 bits per heavy atom. The van der Waals surface area contributed by atoms with Gasteiger partial charge in [-0.05, 0) is 18.6 Å². The fraction of sp³-hybridized carbons (Fsp3) is 0.400. The summed E-state index contributed by atoms with van der Waals surface area (Å²) in [4.78, 5) is 11.1. The number of thioether (sulfide) groups is 1. The molecule has 0 saturated carbocycles. The molecular weight excluding hydrogens is 214 g/mol. The Kier molecular flexibility index (Phi) is 4.58. The topological polar surface area (TPSA) is 52.4 Å². The summed E-state index contributed by atoms with van der Waals surface area (Å²) in [5.74, 6) is 0.723. The molecule has 0 amide bonds. The second-order valence-corrected chi connectivity index (χ2v) is 4.21. The lowest BCUT2D eigenvalue weighted by Crippen LogP contribution is -1.95. The molecule has 1 rings (SSSR count). The first-order chi connectivity index (χ1) is 7.15. The van der Waals surface area contributed by atoms with Gasteiger partial charge in [-0.3, -0.25) is 10.1 Å². The molecule has 82 valence electrons. The van der Waals surface area contributed by atoms with Crippen LogP contribution in [-0.4, -0.2) is 24.4 Å². The van der Waals surface area contributed by atoms with Gasteiger partial charge in [-0.15, -0.1) is 11.8 Å². The molecule has 4 nitrogen and oxygen atoms in total. The lowest BCUT2D eigenvalue weighted by molar-refractivity contribution is -0.387. The summed E-state index contributed by atoms with van der Waals surface area (Å²) in [6.45, 7) is 2.44. The zero-order valence-electron chi connectivity index (χ0n) is 8.73. The fourth-order valence-electron chi connectivity index (χ4n) is 1.13. The molecule has 15 heavy (non-hydrogen) atoms. The Bertz CT molecular complexity index is 355. The zero-order valence-corrected chi connectivity index (χ0v) is 9.54. The van der Waals surface area contributed by atoms with Crippen LogP contribution in [-0.2, 0) is 4.74 Å². The zero-order chi connectivity index (χ0) is 11.3. The molecule has 0 aliphatic carbocycles. The smallest absolute Gasteiger partial charge is 0.283 e. The van der Waals surface area contributed by atoms with Gasteiger partial charge in [0.05, 0.1) is 16.4 Å². The Morgan fingerprint density at radius 1 is 1.53 bits per heavy atom. The number of nitrogens with zero attached hydrogens (tertiary/aromatic N) is 1. The van der Waals surface area contributed by atoms with Crippen molar-refractivity contribution >= 4 is 17.4 Å². The van der Waals surface area contributed by atoms with E-state index in [4.69, 9.17) is 4.74 Å². The maximum absolute atomic E-state index is 10.8. The molecular formula is C10H13NO3S. The minimum atomic E-state index is -0.345. The van der Waals surface area contributed by atoms with Crippen LogP contribution < -0.4 is 0 Å². The number of nitro benzene ring substituents is 1. The highest BCUT2D eigenvalue weighted by Gasteiger charge is 2.13. The van der Waals surface area contributed by atoms with Gasteiger partial charge in [0.15, 0.2) is 0 Å². The number of methoxy groups -OCH3 is 1. The van der Waals surface area contributed by atoms with E-state index in [-0.39, 0.29) is 10.6 Å². The van der Waals surface area contributed by atoms with E-state index in [2.05, 4.69) is 0 Å². The number of ether oxygens (including phenoxy) is 1. The first-order valence-electron chi connectivity index (χ1n) is 4.52. The quantitative estimate of drug-likeness (QED) is 0.336. The number of aryl methyl sites for hydroxylation is 1. The predicted molar refractivity (Wildman–Crippen MR) is 60.4 cm³/mol. The van der Waals surface area contributed by atoms with Gasteiger partial charge in [0.1, 0.15) is 0 Å². The van der Waals surface area contributed by atoms with Gasteiger partial charge in [-0.1, -0.05) is 6.07 Å². The number of benzene rings is 1. The molecule has 0 atom stereocenters. The van der Waals surface area contributed by atoms with Crippen LogP contribution in [0.5, 0.6) is 0 Å². The molecule has 0 spiro atoms. The lowest BCUT2D eigenvalue weighted by atomic mass is 10.2. The van der Waals surface area contributed by atoms with Crippen molar-refractivity contribution in [3.05, 3.63) is 33.9 Å². The standard InChI is InChI=1S/C10H13NO3S/c1-8-3-4-10(15-6-5-14-2)9(7-8)11(12)13/h3-4,7H,5-6H2,1-2H3. The Hall–Kier alpha value is -1.07. The van der Waals surface area contributed by atoms with Crippen molar-refractivity contribution in [2.45, 2.75) is 11.8 Å². The average molecular weight is 227 g/mol. The van der Waals surface area contributed by atoms with Crippen molar-refractivity contribution in [2.24, 2.45) is 0 Å². The van der Waals surface area contributed by atoms with Crippen LogP contribution in [0.4, 0.5) is 5.69 Å². The lowest BCUT2D eigenvalue weighted by Gasteiger charge is -2.03. The number of hydrogen-bond acceptors (Lipinski definition) is 4. The summed E-state index contributed by atoms with van der Waals surface area (Å²) < 4.78 is 4.90. The third-order valence-corrected chi connectivity index (χ3v) is 2.88. The van der Waals surface area contributed by atoms with Crippen LogP contribution in [0, 0.1) is 17.0 Å². The van der Waals surface area contributed by atoms with Crippen molar-refractivity contribution < 1.29 is 9.66 Å². The first kappa shape index (κ1) is 12.0. The highest BCUT2D eigenvalue weighted by Crippen LogP contribution is 2.29. The molecule has 0 bridgehead atoms. The fourth-order valence-corrected chi connectivity index (χ4v) is 2.04. The number of nitro groups is 1. The summed E-state index contributed by atoms with van der Waals surface area (Å²) in [6.07, 6.45) is 0. The van der Waals surface area contributed by atoms with Crippen LogP contribution in [0.15, 0.2) is 23.1 Å². The summed E-state index contributed by atoms with van der Waals surface area (Å²) in [5.41, 5.74) is 1.08. The highest BCUT2D eigenvalue weighted by molar-refractivity contribution is 7.99. The molecule has 0 fully saturated rings. The van der Waals surface area contributed by atoms with Gasteiger partial charge in [0.2, 0.25) is 0 Å². The van der Waals surface area contributed by atoms with E-state index in [1.54, 1.807) is 19.2 Å². The third-order valence-electron chi connectivity index (χ3n) is 1.86. The second-order valence-electron chi connectivity index (χ2n) is 3.07. The van der Waals surface area contributed by atoms with E-state index in [0.717, 1.165) is 11.3 Å². The highest BCUT2D eigenvalue weighted by atomic mass is 32.2. The summed E-state index contributed by atoms with van der Waals surface area (Å²) in [6, 6.07) is 5.26. The van der Waals surface area contributed by atoms with Crippen LogP contribution in [0.3, 0.4) is 0 Å². The van der Waals surface area contributed by atoms with E-state index < -0.39 is 0 Å². The van der Waals surface area contributed by atoms with Crippen LogP contribution >= 0.6 is 11.8 Å². The van der Waals surface area contributed by atoms with Crippen LogP contribution in [0.2, 0.25) is 0 Å². The van der Waals surface area contributed by atoms with E-state index in [1.807, 2.05) is 13.0 Å². The Morgan fingerprint density at radius 3 is 2.87 bits per heavy atom. The molecule has 0 saturated heterocycles. The SMILES string of the molecule is COCCSc1ccc(C)cc1[N+](=O)[O-]. The molecule has 1 aromatic rings. The van der Waals surface area contributed by atoms with Crippen molar-refractivity contribution in [3.63, 3.8) is 0 Å². The average Bonchev–Trinajstić information content (AvgIpc) is 2.20. The molecule has 0 aromatic heterocycles.